The van der Waals surface area contributed by atoms with Crippen LogP contribution in [0.1, 0.15) is 77.2 Å². The van der Waals surface area contributed by atoms with Crippen LogP contribution < -0.4 is 4.74 Å². The van der Waals surface area contributed by atoms with Crippen LogP contribution in [0, 0.1) is 11.8 Å². The zero-order valence-electron chi connectivity index (χ0n) is 18.0. The topological polar surface area (TPSA) is 9.23 Å². The molecule has 1 nitrogen and oxygen atoms in total. The molecule has 1 aliphatic rings. The lowest BCUT2D eigenvalue weighted by Crippen LogP contribution is -2.15. The molecule has 0 unspecified atom stereocenters. The van der Waals surface area contributed by atoms with Crippen molar-refractivity contribution in [2.75, 3.05) is 6.61 Å². The lowest BCUT2D eigenvalue weighted by Gasteiger charge is -2.28. The molecule has 0 aliphatic heterocycles. The van der Waals surface area contributed by atoms with E-state index in [4.69, 9.17) is 4.74 Å². The third-order valence-electron chi connectivity index (χ3n) is 6.41. The van der Waals surface area contributed by atoms with Crippen molar-refractivity contribution < 1.29 is 4.74 Å². The van der Waals surface area contributed by atoms with Gasteiger partial charge in [0, 0.05) is 0 Å². The summed E-state index contributed by atoms with van der Waals surface area (Å²) in [5.74, 6) is 2.94. The smallest absolute Gasteiger partial charge is 0.119 e. The first-order valence-corrected chi connectivity index (χ1v) is 11.6. The minimum atomic E-state index is 0.810. The summed E-state index contributed by atoms with van der Waals surface area (Å²) >= 11 is 0. The van der Waals surface area contributed by atoms with Crippen LogP contribution in [0.15, 0.2) is 48.5 Å². The molecule has 0 radical (unpaired) electrons. The van der Waals surface area contributed by atoms with Crippen LogP contribution in [0.4, 0.5) is 0 Å². The van der Waals surface area contributed by atoms with Crippen LogP contribution in [-0.2, 0) is 6.42 Å². The van der Waals surface area contributed by atoms with E-state index in [9.17, 15) is 0 Å². The molecule has 1 saturated carbocycles. The van der Waals surface area contributed by atoms with E-state index < -0.39 is 0 Å². The van der Waals surface area contributed by atoms with Gasteiger partial charge in [-0.2, -0.15) is 0 Å². The normalized spacial score (nSPS) is 19.5. The Kier molecular flexibility index (Phi) is 8.45. The molecule has 0 amide bonds. The van der Waals surface area contributed by atoms with E-state index in [1.165, 1.54) is 74.5 Å². The van der Waals surface area contributed by atoms with Gasteiger partial charge in [-0.05, 0) is 59.9 Å². The Morgan fingerprint density at radius 3 is 1.86 bits per heavy atom. The first-order chi connectivity index (χ1) is 13.8. The highest BCUT2D eigenvalue weighted by molar-refractivity contribution is 5.64. The average molecular weight is 379 g/mol. The Balaban J connectivity index is 1.46. The molecule has 3 rings (SSSR count). The largest absolute Gasteiger partial charge is 0.494 e. The summed E-state index contributed by atoms with van der Waals surface area (Å²) in [7, 11) is 0. The van der Waals surface area contributed by atoms with E-state index in [1.54, 1.807) is 0 Å². The van der Waals surface area contributed by atoms with Crippen LogP contribution >= 0.6 is 0 Å². The number of rotatable bonds is 10. The Bertz CT molecular complexity index is 662. The van der Waals surface area contributed by atoms with E-state index in [0.29, 0.717) is 0 Å². The molecular weight excluding hydrogens is 340 g/mol. The van der Waals surface area contributed by atoms with Gasteiger partial charge in [0.25, 0.3) is 0 Å². The molecule has 0 atom stereocenters. The third kappa shape index (κ3) is 6.40. The van der Waals surface area contributed by atoms with Crippen molar-refractivity contribution in [2.24, 2.45) is 11.8 Å². The average Bonchev–Trinajstić information content (AvgIpc) is 2.75. The van der Waals surface area contributed by atoms with Crippen molar-refractivity contribution in [2.45, 2.75) is 78.1 Å². The number of unbranched alkanes of at least 4 members (excludes halogenated alkanes) is 1. The molecule has 152 valence electrons. The van der Waals surface area contributed by atoms with E-state index in [1.807, 2.05) is 0 Å². The fourth-order valence-electron chi connectivity index (χ4n) is 4.53. The van der Waals surface area contributed by atoms with Gasteiger partial charge >= 0.3 is 0 Å². The maximum absolute atomic E-state index is 5.77. The monoisotopic (exact) mass is 378 g/mol. The molecule has 0 N–H and O–H groups in total. The molecule has 0 aromatic heterocycles. The number of benzene rings is 2. The predicted octanol–water partition coefficient (Wildman–Crippen LogP) is 8.07. The maximum Gasteiger partial charge on any atom is 0.119 e. The SMILES string of the molecule is CCCCOc1ccc(-c2ccc(CC[C@H]3CC[C@H](CCC)CC3)cc2)cc1. The molecular formula is C27H38O. The Morgan fingerprint density at radius 1 is 0.714 bits per heavy atom. The highest BCUT2D eigenvalue weighted by Gasteiger charge is 2.20. The molecule has 1 aliphatic carbocycles. The lowest BCUT2D eigenvalue weighted by atomic mass is 9.78. The van der Waals surface area contributed by atoms with Gasteiger partial charge in [0.05, 0.1) is 6.61 Å². The second-order valence-corrected chi connectivity index (χ2v) is 8.64. The second kappa shape index (κ2) is 11.3. The van der Waals surface area contributed by atoms with Gasteiger partial charge in [0.1, 0.15) is 5.75 Å². The van der Waals surface area contributed by atoms with E-state index in [0.717, 1.165) is 30.6 Å². The summed E-state index contributed by atoms with van der Waals surface area (Å²) in [6, 6.07) is 17.7. The first kappa shape index (κ1) is 21.0. The van der Waals surface area contributed by atoms with Gasteiger partial charge < -0.3 is 4.74 Å². The van der Waals surface area contributed by atoms with Gasteiger partial charge in [-0.1, -0.05) is 95.2 Å². The van der Waals surface area contributed by atoms with Crippen molar-refractivity contribution >= 4 is 0 Å². The van der Waals surface area contributed by atoms with Crippen molar-refractivity contribution in [1.29, 1.82) is 0 Å². The van der Waals surface area contributed by atoms with E-state index in [-0.39, 0.29) is 0 Å². The van der Waals surface area contributed by atoms with E-state index in [2.05, 4.69) is 62.4 Å². The van der Waals surface area contributed by atoms with Gasteiger partial charge in [-0.15, -0.1) is 0 Å². The molecule has 0 saturated heterocycles. The fourth-order valence-corrected chi connectivity index (χ4v) is 4.53. The molecule has 0 spiro atoms. The third-order valence-corrected chi connectivity index (χ3v) is 6.41. The zero-order chi connectivity index (χ0) is 19.6. The molecule has 1 fully saturated rings. The van der Waals surface area contributed by atoms with Crippen LogP contribution in [-0.4, -0.2) is 6.61 Å². The molecule has 28 heavy (non-hydrogen) atoms. The van der Waals surface area contributed by atoms with Crippen molar-refractivity contribution in [3.05, 3.63) is 54.1 Å². The minimum Gasteiger partial charge on any atom is -0.494 e. The number of hydrogen-bond donors (Lipinski definition) is 0. The number of hydrogen-bond acceptors (Lipinski definition) is 1. The Hall–Kier alpha value is -1.76. The summed E-state index contributed by atoms with van der Waals surface area (Å²) in [4.78, 5) is 0. The summed E-state index contributed by atoms with van der Waals surface area (Å²) in [6.45, 7) is 5.32. The van der Waals surface area contributed by atoms with Crippen LogP contribution in [0.2, 0.25) is 0 Å². The Labute approximate surface area is 172 Å². The van der Waals surface area contributed by atoms with Gasteiger partial charge in [-0.3, -0.25) is 0 Å². The van der Waals surface area contributed by atoms with Crippen molar-refractivity contribution in [3.8, 4) is 16.9 Å². The summed E-state index contributed by atoms with van der Waals surface area (Å²) in [6.07, 6.45) is 13.5. The maximum atomic E-state index is 5.77. The highest BCUT2D eigenvalue weighted by atomic mass is 16.5. The molecule has 2 aromatic rings. The van der Waals surface area contributed by atoms with E-state index >= 15 is 0 Å². The van der Waals surface area contributed by atoms with Crippen LogP contribution in [0.25, 0.3) is 11.1 Å². The van der Waals surface area contributed by atoms with Crippen LogP contribution in [0.3, 0.4) is 0 Å². The van der Waals surface area contributed by atoms with Crippen molar-refractivity contribution in [3.63, 3.8) is 0 Å². The predicted molar refractivity (Wildman–Crippen MR) is 121 cm³/mol. The molecule has 0 bridgehead atoms. The zero-order valence-corrected chi connectivity index (χ0v) is 18.0. The summed E-state index contributed by atoms with van der Waals surface area (Å²) in [5, 5.41) is 0. The minimum absolute atomic E-state index is 0.810. The highest BCUT2D eigenvalue weighted by Crippen LogP contribution is 2.34. The standard InChI is InChI=1S/C27H38O/c1-3-5-21-28-27-19-17-26(18-20-27)25-15-13-24(14-16-25)12-11-23-9-7-22(6-4-2)8-10-23/h13-20,22-23H,3-12,21H2,1-2H3/t22-,23-. The van der Waals surface area contributed by atoms with Gasteiger partial charge in [0.2, 0.25) is 0 Å². The number of ether oxygens (including phenoxy) is 1. The van der Waals surface area contributed by atoms with Crippen LogP contribution in [0.5, 0.6) is 5.75 Å². The van der Waals surface area contributed by atoms with Crippen molar-refractivity contribution in [1.82, 2.24) is 0 Å². The summed E-state index contributed by atoms with van der Waals surface area (Å²) < 4.78 is 5.77. The summed E-state index contributed by atoms with van der Waals surface area (Å²) in [5.41, 5.74) is 4.05. The molecule has 2 aromatic carbocycles. The number of aryl methyl sites for hydroxylation is 1. The van der Waals surface area contributed by atoms with Gasteiger partial charge in [-0.25, -0.2) is 0 Å². The lowest BCUT2D eigenvalue weighted by molar-refractivity contribution is 0.252. The quantitative estimate of drug-likeness (QED) is 0.380. The Morgan fingerprint density at radius 2 is 1.29 bits per heavy atom. The molecule has 0 heterocycles. The second-order valence-electron chi connectivity index (χ2n) is 8.64. The fraction of sp³-hybridized carbons (Fsp3) is 0.556. The first-order valence-electron chi connectivity index (χ1n) is 11.6. The molecule has 1 heteroatoms. The van der Waals surface area contributed by atoms with Gasteiger partial charge in [0.15, 0.2) is 0 Å².